The summed E-state index contributed by atoms with van der Waals surface area (Å²) in [5.74, 6) is 0. The lowest BCUT2D eigenvalue weighted by Crippen LogP contribution is -2.15. The molecule has 0 spiro atoms. The summed E-state index contributed by atoms with van der Waals surface area (Å²) >= 11 is 0. The van der Waals surface area contributed by atoms with Gasteiger partial charge in [-0.05, 0) is 22.3 Å². The molecule has 0 saturated heterocycles. The van der Waals surface area contributed by atoms with Crippen LogP contribution < -0.4 is 0 Å². The van der Waals surface area contributed by atoms with Gasteiger partial charge in [0.1, 0.15) is 0 Å². The predicted molar refractivity (Wildman–Crippen MR) is 120 cm³/mol. The fourth-order valence-electron chi connectivity index (χ4n) is 3.68. The van der Waals surface area contributed by atoms with E-state index in [1.165, 1.54) is 22.3 Å². The molecular formula is C28H26O. The quantitative estimate of drug-likeness (QED) is 0.322. The van der Waals surface area contributed by atoms with Crippen LogP contribution in [-0.4, -0.2) is 0 Å². The van der Waals surface area contributed by atoms with Gasteiger partial charge in [-0.1, -0.05) is 121 Å². The molecule has 4 rings (SSSR count). The van der Waals surface area contributed by atoms with Crippen molar-refractivity contribution in [3.63, 3.8) is 0 Å². The highest BCUT2D eigenvalue weighted by Gasteiger charge is 2.21. The Bertz CT molecular complexity index is 883. The van der Waals surface area contributed by atoms with Crippen molar-refractivity contribution in [2.45, 2.75) is 25.0 Å². The molecule has 0 aliphatic heterocycles. The van der Waals surface area contributed by atoms with Crippen LogP contribution in [0.25, 0.3) is 0 Å². The second-order valence-corrected chi connectivity index (χ2v) is 7.31. The molecule has 29 heavy (non-hydrogen) atoms. The minimum Gasteiger partial charge on any atom is -0.365 e. The molecule has 0 fully saturated rings. The minimum absolute atomic E-state index is 0.00693. The van der Waals surface area contributed by atoms with Crippen molar-refractivity contribution in [3.8, 4) is 0 Å². The van der Waals surface area contributed by atoms with E-state index in [4.69, 9.17) is 4.74 Å². The summed E-state index contributed by atoms with van der Waals surface area (Å²) in [5, 5.41) is 0. The molecular weight excluding hydrogens is 352 g/mol. The summed E-state index contributed by atoms with van der Waals surface area (Å²) in [4.78, 5) is 0. The molecule has 0 saturated carbocycles. The van der Waals surface area contributed by atoms with Crippen LogP contribution in [-0.2, 0) is 17.6 Å². The van der Waals surface area contributed by atoms with Gasteiger partial charge in [-0.3, -0.25) is 0 Å². The van der Waals surface area contributed by atoms with Crippen LogP contribution in [0.15, 0.2) is 121 Å². The number of ether oxygens (including phenoxy) is 1. The highest BCUT2D eigenvalue weighted by molar-refractivity contribution is 5.25. The van der Waals surface area contributed by atoms with E-state index in [1.807, 2.05) is 0 Å². The van der Waals surface area contributed by atoms with Gasteiger partial charge in [0, 0.05) is 12.8 Å². The largest absolute Gasteiger partial charge is 0.365 e. The zero-order valence-electron chi connectivity index (χ0n) is 16.5. The van der Waals surface area contributed by atoms with E-state index >= 15 is 0 Å². The first kappa shape index (κ1) is 19.2. The molecule has 0 bridgehead atoms. The fourth-order valence-corrected chi connectivity index (χ4v) is 3.68. The number of hydrogen-bond donors (Lipinski definition) is 0. The Morgan fingerprint density at radius 1 is 0.414 bits per heavy atom. The second kappa shape index (κ2) is 9.86. The van der Waals surface area contributed by atoms with Crippen molar-refractivity contribution in [1.82, 2.24) is 0 Å². The molecule has 0 radical (unpaired) electrons. The van der Waals surface area contributed by atoms with Crippen molar-refractivity contribution < 1.29 is 4.74 Å². The SMILES string of the molecule is c1ccc(CC(OC(Cc2ccccc2)c2ccccc2)c2ccccc2)cc1. The molecule has 0 heterocycles. The molecule has 1 nitrogen and oxygen atoms in total. The van der Waals surface area contributed by atoms with Gasteiger partial charge in [0.2, 0.25) is 0 Å². The Kier molecular flexibility index (Phi) is 6.52. The van der Waals surface area contributed by atoms with E-state index in [0.29, 0.717) is 0 Å². The van der Waals surface area contributed by atoms with E-state index in [-0.39, 0.29) is 12.2 Å². The van der Waals surface area contributed by atoms with Crippen molar-refractivity contribution >= 4 is 0 Å². The van der Waals surface area contributed by atoms with E-state index in [0.717, 1.165) is 12.8 Å². The zero-order chi connectivity index (χ0) is 19.7. The van der Waals surface area contributed by atoms with Crippen LogP contribution in [0.2, 0.25) is 0 Å². The van der Waals surface area contributed by atoms with Gasteiger partial charge < -0.3 is 4.74 Å². The number of rotatable bonds is 8. The molecule has 2 unspecified atom stereocenters. The van der Waals surface area contributed by atoms with Crippen LogP contribution in [0.4, 0.5) is 0 Å². The third-order valence-corrected chi connectivity index (χ3v) is 5.20. The van der Waals surface area contributed by atoms with Crippen LogP contribution in [0.5, 0.6) is 0 Å². The first-order valence-corrected chi connectivity index (χ1v) is 10.2. The molecule has 2 atom stereocenters. The summed E-state index contributed by atoms with van der Waals surface area (Å²) in [6.07, 6.45) is 1.69. The van der Waals surface area contributed by atoms with Gasteiger partial charge in [0.25, 0.3) is 0 Å². The number of hydrogen-bond acceptors (Lipinski definition) is 1. The van der Waals surface area contributed by atoms with E-state index in [2.05, 4.69) is 121 Å². The zero-order valence-corrected chi connectivity index (χ0v) is 16.5. The van der Waals surface area contributed by atoms with Gasteiger partial charge in [-0.25, -0.2) is 0 Å². The van der Waals surface area contributed by atoms with Gasteiger partial charge in [-0.2, -0.15) is 0 Å². The summed E-state index contributed by atoms with van der Waals surface area (Å²) in [7, 11) is 0. The molecule has 0 aliphatic carbocycles. The fraction of sp³-hybridized carbons (Fsp3) is 0.143. The molecule has 0 aromatic heterocycles. The first-order valence-electron chi connectivity index (χ1n) is 10.2. The van der Waals surface area contributed by atoms with Crippen molar-refractivity contribution in [2.75, 3.05) is 0 Å². The Balaban J connectivity index is 1.64. The molecule has 4 aromatic rings. The normalized spacial score (nSPS) is 13.0. The molecule has 1 heteroatoms. The highest BCUT2D eigenvalue weighted by Crippen LogP contribution is 2.32. The maximum absolute atomic E-state index is 6.83. The minimum atomic E-state index is -0.00693. The summed E-state index contributed by atoms with van der Waals surface area (Å²) < 4.78 is 6.83. The third kappa shape index (κ3) is 5.43. The van der Waals surface area contributed by atoms with Gasteiger partial charge in [0.15, 0.2) is 0 Å². The Labute approximate surface area is 173 Å². The van der Waals surface area contributed by atoms with E-state index < -0.39 is 0 Å². The van der Waals surface area contributed by atoms with E-state index in [1.54, 1.807) is 0 Å². The molecule has 0 N–H and O–H groups in total. The summed E-state index contributed by atoms with van der Waals surface area (Å²) in [6, 6.07) is 42.3. The Hall–Kier alpha value is -3.16. The smallest absolute Gasteiger partial charge is 0.0873 e. The topological polar surface area (TPSA) is 9.23 Å². The maximum Gasteiger partial charge on any atom is 0.0873 e. The lowest BCUT2D eigenvalue weighted by Gasteiger charge is -2.26. The van der Waals surface area contributed by atoms with Crippen molar-refractivity contribution in [1.29, 1.82) is 0 Å². The Morgan fingerprint density at radius 2 is 0.724 bits per heavy atom. The molecule has 4 aromatic carbocycles. The number of benzene rings is 4. The van der Waals surface area contributed by atoms with Crippen LogP contribution in [0.1, 0.15) is 34.5 Å². The van der Waals surface area contributed by atoms with Crippen molar-refractivity contribution in [3.05, 3.63) is 144 Å². The van der Waals surface area contributed by atoms with Crippen LogP contribution >= 0.6 is 0 Å². The van der Waals surface area contributed by atoms with Crippen LogP contribution in [0.3, 0.4) is 0 Å². The standard InChI is InChI=1S/C28H26O/c1-5-13-23(14-6-1)21-27(25-17-9-3-10-18-25)29-28(26-19-11-4-12-20-26)22-24-15-7-2-8-16-24/h1-20,27-28H,21-22H2. The second-order valence-electron chi connectivity index (χ2n) is 7.31. The lowest BCUT2D eigenvalue weighted by atomic mass is 9.98. The van der Waals surface area contributed by atoms with Crippen molar-refractivity contribution in [2.24, 2.45) is 0 Å². The maximum atomic E-state index is 6.83. The Morgan fingerprint density at radius 3 is 1.07 bits per heavy atom. The predicted octanol–water partition coefficient (Wildman–Crippen LogP) is 6.97. The van der Waals surface area contributed by atoms with Gasteiger partial charge >= 0.3 is 0 Å². The molecule has 0 amide bonds. The van der Waals surface area contributed by atoms with Crippen LogP contribution in [0, 0.1) is 0 Å². The lowest BCUT2D eigenvalue weighted by molar-refractivity contribution is -0.0149. The summed E-state index contributed by atoms with van der Waals surface area (Å²) in [6.45, 7) is 0. The first-order chi connectivity index (χ1) is 14.4. The molecule has 144 valence electrons. The third-order valence-electron chi connectivity index (χ3n) is 5.20. The average Bonchev–Trinajstić information content (AvgIpc) is 2.81. The van der Waals surface area contributed by atoms with Gasteiger partial charge in [-0.15, -0.1) is 0 Å². The highest BCUT2D eigenvalue weighted by atomic mass is 16.5. The van der Waals surface area contributed by atoms with Gasteiger partial charge in [0.05, 0.1) is 12.2 Å². The molecule has 0 aliphatic rings. The monoisotopic (exact) mass is 378 g/mol. The summed E-state index contributed by atoms with van der Waals surface area (Å²) in [5.41, 5.74) is 5.00. The van der Waals surface area contributed by atoms with E-state index in [9.17, 15) is 0 Å². The average molecular weight is 379 g/mol.